The highest BCUT2D eigenvalue weighted by Crippen LogP contribution is 2.40. The number of ether oxygens (including phenoxy) is 2. The molecule has 1 atom stereocenters. The van der Waals surface area contributed by atoms with Crippen LogP contribution in [-0.4, -0.2) is 25.2 Å². The Morgan fingerprint density at radius 3 is 2.79 bits per heavy atom. The van der Waals surface area contributed by atoms with Crippen LogP contribution in [0.2, 0.25) is 0 Å². The van der Waals surface area contributed by atoms with Crippen molar-refractivity contribution in [3.05, 3.63) is 22.2 Å². The molecule has 1 unspecified atom stereocenters. The fraction of sp³-hybridized carbons (Fsp3) is 0.462. The van der Waals surface area contributed by atoms with Crippen molar-refractivity contribution in [2.75, 3.05) is 13.2 Å². The first-order valence-corrected chi connectivity index (χ1v) is 7.09. The van der Waals surface area contributed by atoms with Crippen molar-refractivity contribution in [2.24, 2.45) is 5.73 Å². The van der Waals surface area contributed by atoms with Crippen LogP contribution in [0, 0.1) is 0 Å². The molecule has 1 heterocycles. The normalized spacial score (nSPS) is 19.0. The number of nitrogens with two attached hydrogens (primary N) is 1. The molecular formula is C13H15BrN2O3. The van der Waals surface area contributed by atoms with E-state index in [0.717, 1.165) is 22.9 Å². The van der Waals surface area contributed by atoms with Crippen molar-refractivity contribution >= 4 is 21.8 Å². The third kappa shape index (κ3) is 2.69. The van der Waals surface area contributed by atoms with E-state index in [1.165, 1.54) is 0 Å². The Balaban J connectivity index is 1.93. The van der Waals surface area contributed by atoms with Gasteiger partial charge in [0.05, 0.1) is 4.47 Å². The van der Waals surface area contributed by atoms with Crippen LogP contribution in [0.3, 0.4) is 0 Å². The Morgan fingerprint density at radius 2 is 2.11 bits per heavy atom. The fourth-order valence-corrected chi connectivity index (χ4v) is 2.70. The van der Waals surface area contributed by atoms with Crippen molar-refractivity contribution in [1.29, 1.82) is 0 Å². The maximum Gasteiger partial charge on any atom is 0.239 e. The number of rotatable bonds is 4. The molecule has 5 nitrogen and oxygen atoms in total. The second-order valence-corrected chi connectivity index (χ2v) is 5.66. The predicted octanol–water partition coefficient (Wildman–Crippen LogP) is 1.50. The van der Waals surface area contributed by atoms with E-state index in [9.17, 15) is 4.79 Å². The van der Waals surface area contributed by atoms with Crippen LogP contribution in [-0.2, 0) is 4.79 Å². The summed E-state index contributed by atoms with van der Waals surface area (Å²) in [5.74, 6) is 0.958. The lowest BCUT2D eigenvalue weighted by atomic mass is 10.1. The monoisotopic (exact) mass is 326 g/mol. The summed E-state index contributed by atoms with van der Waals surface area (Å²) in [4.78, 5) is 11.6. The molecule has 1 fully saturated rings. The van der Waals surface area contributed by atoms with E-state index in [2.05, 4.69) is 21.2 Å². The molecule has 3 rings (SSSR count). The topological polar surface area (TPSA) is 73.6 Å². The van der Waals surface area contributed by atoms with E-state index >= 15 is 0 Å². The number of nitrogens with one attached hydrogen (secondary N) is 1. The third-order valence-corrected chi connectivity index (χ3v) is 3.81. The van der Waals surface area contributed by atoms with E-state index in [4.69, 9.17) is 15.2 Å². The van der Waals surface area contributed by atoms with Gasteiger partial charge in [0, 0.05) is 6.04 Å². The average molecular weight is 327 g/mol. The van der Waals surface area contributed by atoms with E-state index in [0.29, 0.717) is 30.8 Å². The van der Waals surface area contributed by atoms with Gasteiger partial charge in [-0.15, -0.1) is 0 Å². The summed E-state index contributed by atoms with van der Waals surface area (Å²) in [7, 11) is 0. The lowest BCUT2D eigenvalue weighted by molar-refractivity contribution is -0.120. The molecule has 19 heavy (non-hydrogen) atoms. The highest BCUT2D eigenvalue weighted by atomic mass is 79.9. The first-order chi connectivity index (χ1) is 9.15. The Bertz CT molecular complexity index is 517. The van der Waals surface area contributed by atoms with Crippen LogP contribution in [0.1, 0.15) is 24.4 Å². The molecule has 1 aromatic rings. The molecule has 3 N–H and O–H groups in total. The van der Waals surface area contributed by atoms with Gasteiger partial charge in [-0.1, -0.05) is 0 Å². The summed E-state index contributed by atoms with van der Waals surface area (Å²) in [6, 6.07) is 3.59. The molecule has 102 valence electrons. The number of hydrogen-bond donors (Lipinski definition) is 2. The molecule has 1 aliphatic carbocycles. The molecule has 0 bridgehead atoms. The lowest BCUT2D eigenvalue weighted by Crippen LogP contribution is -2.35. The minimum Gasteiger partial charge on any atom is -0.486 e. The van der Waals surface area contributed by atoms with Crippen molar-refractivity contribution < 1.29 is 14.3 Å². The Morgan fingerprint density at radius 1 is 1.37 bits per heavy atom. The summed E-state index contributed by atoms with van der Waals surface area (Å²) in [6.07, 6.45) is 2.19. The number of primary amides is 1. The van der Waals surface area contributed by atoms with Gasteiger partial charge in [-0.2, -0.15) is 0 Å². The van der Waals surface area contributed by atoms with Gasteiger partial charge in [0.1, 0.15) is 19.3 Å². The number of carbonyl (C=O) groups is 1. The molecule has 0 spiro atoms. The van der Waals surface area contributed by atoms with Crippen LogP contribution in [0.15, 0.2) is 16.6 Å². The molecule has 1 saturated carbocycles. The van der Waals surface area contributed by atoms with Crippen LogP contribution >= 0.6 is 15.9 Å². The van der Waals surface area contributed by atoms with Crippen LogP contribution in [0.5, 0.6) is 11.5 Å². The molecule has 6 heteroatoms. The molecular weight excluding hydrogens is 312 g/mol. The average Bonchev–Trinajstić information content (AvgIpc) is 3.19. The van der Waals surface area contributed by atoms with E-state index in [1.54, 1.807) is 0 Å². The van der Waals surface area contributed by atoms with Gasteiger partial charge in [0.25, 0.3) is 0 Å². The van der Waals surface area contributed by atoms with Gasteiger partial charge in [0.15, 0.2) is 11.5 Å². The zero-order valence-corrected chi connectivity index (χ0v) is 11.9. The van der Waals surface area contributed by atoms with E-state index in [1.807, 2.05) is 12.1 Å². The quantitative estimate of drug-likeness (QED) is 0.879. The first-order valence-electron chi connectivity index (χ1n) is 6.29. The minimum absolute atomic E-state index is 0.379. The fourth-order valence-electron chi connectivity index (χ4n) is 2.13. The summed E-state index contributed by atoms with van der Waals surface area (Å²) in [6.45, 7) is 1.05. The highest BCUT2D eigenvalue weighted by molar-refractivity contribution is 9.10. The number of benzene rings is 1. The maximum atomic E-state index is 11.6. The summed E-state index contributed by atoms with van der Waals surface area (Å²) in [5.41, 5.74) is 6.28. The number of halogens is 1. The van der Waals surface area contributed by atoms with Crippen LogP contribution in [0.4, 0.5) is 0 Å². The SMILES string of the molecule is NC(=O)C(NC1CC1)c1cc(Br)c2c(c1)OCCO2. The van der Waals surface area contributed by atoms with Gasteiger partial charge >= 0.3 is 0 Å². The summed E-state index contributed by atoms with van der Waals surface area (Å²) in [5, 5.41) is 3.25. The van der Waals surface area contributed by atoms with Crippen molar-refractivity contribution in [3.8, 4) is 11.5 Å². The van der Waals surface area contributed by atoms with Gasteiger partial charge < -0.3 is 15.2 Å². The minimum atomic E-state index is -0.486. The van der Waals surface area contributed by atoms with Crippen LogP contribution < -0.4 is 20.5 Å². The van der Waals surface area contributed by atoms with E-state index in [-0.39, 0.29) is 5.91 Å². The van der Waals surface area contributed by atoms with Crippen LogP contribution in [0.25, 0.3) is 0 Å². The number of fused-ring (bicyclic) bond motifs is 1. The highest BCUT2D eigenvalue weighted by Gasteiger charge is 2.29. The first kappa shape index (κ1) is 12.7. The third-order valence-electron chi connectivity index (χ3n) is 3.22. The summed E-state index contributed by atoms with van der Waals surface area (Å²) < 4.78 is 11.9. The molecule has 0 radical (unpaired) electrons. The lowest BCUT2D eigenvalue weighted by Gasteiger charge is -2.22. The molecule has 2 aliphatic rings. The molecule has 0 aromatic heterocycles. The number of amides is 1. The molecule has 1 aliphatic heterocycles. The summed E-state index contributed by atoms with van der Waals surface area (Å²) >= 11 is 3.45. The Kier molecular flexibility index (Phi) is 3.36. The zero-order valence-electron chi connectivity index (χ0n) is 10.3. The van der Waals surface area contributed by atoms with Crippen molar-refractivity contribution in [1.82, 2.24) is 5.32 Å². The Labute approximate surface area is 119 Å². The Hall–Kier alpha value is -1.27. The number of carbonyl (C=O) groups excluding carboxylic acids is 1. The van der Waals surface area contributed by atoms with Gasteiger partial charge in [0.2, 0.25) is 5.91 Å². The maximum absolute atomic E-state index is 11.6. The van der Waals surface area contributed by atoms with Gasteiger partial charge in [-0.3, -0.25) is 10.1 Å². The number of hydrogen-bond acceptors (Lipinski definition) is 4. The van der Waals surface area contributed by atoms with Gasteiger partial charge in [-0.05, 0) is 46.5 Å². The second-order valence-electron chi connectivity index (χ2n) is 4.80. The van der Waals surface area contributed by atoms with Gasteiger partial charge in [-0.25, -0.2) is 0 Å². The molecule has 0 saturated heterocycles. The van der Waals surface area contributed by atoms with Crippen molar-refractivity contribution in [2.45, 2.75) is 24.9 Å². The standard InChI is InChI=1S/C13H15BrN2O3/c14-9-5-7(6-10-12(9)19-4-3-18-10)11(13(15)17)16-8-1-2-8/h5-6,8,11,16H,1-4H2,(H2,15,17). The largest absolute Gasteiger partial charge is 0.486 e. The molecule has 1 aromatic carbocycles. The second kappa shape index (κ2) is 5.02. The van der Waals surface area contributed by atoms with E-state index < -0.39 is 6.04 Å². The predicted molar refractivity (Wildman–Crippen MR) is 73.2 cm³/mol. The zero-order chi connectivity index (χ0) is 13.4. The molecule has 1 amide bonds. The van der Waals surface area contributed by atoms with Crippen molar-refractivity contribution in [3.63, 3.8) is 0 Å². The smallest absolute Gasteiger partial charge is 0.239 e.